The van der Waals surface area contributed by atoms with Crippen molar-refractivity contribution in [3.05, 3.63) is 24.2 Å². The minimum absolute atomic E-state index is 0.0477. The lowest BCUT2D eigenvalue weighted by atomic mass is 10.2. The molecular formula is C12H16N2O5. The molecule has 1 aliphatic heterocycles. The molecule has 1 aliphatic rings. The van der Waals surface area contributed by atoms with Gasteiger partial charge in [0.1, 0.15) is 5.76 Å². The van der Waals surface area contributed by atoms with Crippen LogP contribution >= 0.6 is 0 Å². The Morgan fingerprint density at radius 1 is 1.58 bits per heavy atom. The summed E-state index contributed by atoms with van der Waals surface area (Å²) in [7, 11) is 0. The standard InChI is InChI=1S/C12H16N2O5/c1-8(9-3-2-5-18-9)13-12(17)14-4-6-19-10(7-14)11(15)16/h2-3,5,8,10H,4,6-7H2,1H3,(H,13,17)(H,15,16). The van der Waals surface area contributed by atoms with Crippen LogP contribution in [0.4, 0.5) is 4.79 Å². The van der Waals surface area contributed by atoms with Crippen LogP contribution in [0, 0.1) is 0 Å². The third kappa shape index (κ3) is 3.25. The molecule has 1 saturated heterocycles. The minimum atomic E-state index is -1.06. The highest BCUT2D eigenvalue weighted by Gasteiger charge is 2.29. The molecule has 7 nitrogen and oxygen atoms in total. The molecule has 1 aromatic heterocycles. The van der Waals surface area contributed by atoms with Crippen molar-refractivity contribution in [2.24, 2.45) is 0 Å². The van der Waals surface area contributed by atoms with Gasteiger partial charge < -0.3 is 24.5 Å². The number of amides is 2. The van der Waals surface area contributed by atoms with Crippen molar-refractivity contribution >= 4 is 12.0 Å². The van der Waals surface area contributed by atoms with Crippen LogP contribution in [0.3, 0.4) is 0 Å². The van der Waals surface area contributed by atoms with E-state index in [0.29, 0.717) is 12.3 Å². The highest BCUT2D eigenvalue weighted by atomic mass is 16.5. The predicted molar refractivity (Wildman–Crippen MR) is 64.6 cm³/mol. The quantitative estimate of drug-likeness (QED) is 0.847. The highest BCUT2D eigenvalue weighted by Crippen LogP contribution is 2.13. The number of nitrogens with zero attached hydrogens (tertiary/aromatic N) is 1. The fourth-order valence-corrected chi connectivity index (χ4v) is 1.87. The number of ether oxygens (including phenoxy) is 1. The molecule has 2 unspecified atom stereocenters. The van der Waals surface area contributed by atoms with Gasteiger partial charge in [-0.1, -0.05) is 0 Å². The molecule has 2 rings (SSSR count). The summed E-state index contributed by atoms with van der Waals surface area (Å²) in [5.74, 6) is -0.409. The molecule has 0 aromatic carbocycles. The van der Waals surface area contributed by atoms with Gasteiger partial charge in [0.25, 0.3) is 0 Å². The first-order chi connectivity index (χ1) is 9.08. The Kier molecular flexibility index (Phi) is 4.06. The van der Waals surface area contributed by atoms with Crippen LogP contribution in [0.25, 0.3) is 0 Å². The van der Waals surface area contributed by atoms with E-state index in [-0.39, 0.29) is 25.2 Å². The lowest BCUT2D eigenvalue weighted by Gasteiger charge is -2.31. The number of carbonyl (C=O) groups is 2. The average Bonchev–Trinajstić information content (AvgIpc) is 2.92. The minimum Gasteiger partial charge on any atom is -0.479 e. The van der Waals surface area contributed by atoms with Crippen molar-refractivity contribution in [1.82, 2.24) is 10.2 Å². The number of carboxylic acids is 1. The monoisotopic (exact) mass is 268 g/mol. The van der Waals surface area contributed by atoms with Crippen LogP contribution < -0.4 is 5.32 Å². The first-order valence-corrected chi connectivity index (χ1v) is 6.01. The van der Waals surface area contributed by atoms with Crippen molar-refractivity contribution in [3.63, 3.8) is 0 Å². The summed E-state index contributed by atoms with van der Waals surface area (Å²) in [4.78, 5) is 24.3. The highest BCUT2D eigenvalue weighted by molar-refractivity contribution is 5.77. The second-order valence-electron chi connectivity index (χ2n) is 4.33. The number of hydrogen-bond donors (Lipinski definition) is 2. The topological polar surface area (TPSA) is 92.0 Å². The second-order valence-corrected chi connectivity index (χ2v) is 4.33. The summed E-state index contributed by atoms with van der Waals surface area (Å²) in [6.45, 7) is 2.44. The fraction of sp³-hybridized carbons (Fsp3) is 0.500. The van der Waals surface area contributed by atoms with E-state index in [4.69, 9.17) is 14.3 Å². The van der Waals surface area contributed by atoms with Crippen LogP contribution in [-0.2, 0) is 9.53 Å². The van der Waals surface area contributed by atoms with Crippen molar-refractivity contribution in [1.29, 1.82) is 0 Å². The summed E-state index contributed by atoms with van der Waals surface area (Å²) in [5.41, 5.74) is 0. The van der Waals surface area contributed by atoms with E-state index in [1.165, 1.54) is 11.2 Å². The smallest absolute Gasteiger partial charge is 0.334 e. The van der Waals surface area contributed by atoms with E-state index < -0.39 is 12.1 Å². The average molecular weight is 268 g/mol. The van der Waals surface area contributed by atoms with Crippen LogP contribution in [0.1, 0.15) is 18.7 Å². The molecule has 0 aliphatic carbocycles. The third-order valence-corrected chi connectivity index (χ3v) is 2.94. The number of nitrogens with one attached hydrogen (secondary N) is 1. The zero-order chi connectivity index (χ0) is 13.8. The van der Waals surface area contributed by atoms with Gasteiger partial charge in [-0.3, -0.25) is 0 Å². The Morgan fingerprint density at radius 2 is 2.37 bits per heavy atom. The Balaban J connectivity index is 1.91. The number of morpholine rings is 1. The molecule has 0 saturated carbocycles. The molecule has 2 amide bonds. The summed E-state index contributed by atoms with van der Waals surface area (Å²) in [6, 6.07) is 2.92. The van der Waals surface area contributed by atoms with Gasteiger partial charge in [-0.2, -0.15) is 0 Å². The van der Waals surface area contributed by atoms with Gasteiger partial charge >= 0.3 is 12.0 Å². The number of rotatable bonds is 3. The van der Waals surface area contributed by atoms with E-state index in [1.807, 2.05) is 0 Å². The normalized spacial score (nSPS) is 20.9. The predicted octanol–water partition coefficient (Wildman–Crippen LogP) is 0.836. The lowest BCUT2D eigenvalue weighted by Crippen LogP contribution is -2.52. The van der Waals surface area contributed by atoms with Gasteiger partial charge in [0.2, 0.25) is 0 Å². The zero-order valence-corrected chi connectivity index (χ0v) is 10.5. The number of furan rings is 1. The maximum Gasteiger partial charge on any atom is 0.334 e. The van der Waals surface area contributed by atoms with Crippen molar-refractivity contribution in [2.75, 3.05) is 19.7 Å². The number of hydrogen-bond acceptors (Lipinski definition) is 4. The Bertz CT molecular complexity index is 445. The van der Waals surface area contributed by atoms with Crippen LogP contribution in [0.15, 0.2) is 22.8 Å². The molecule has 104 valence electrons. The maximum atomic E-state index is 12.0. The molecular weight excluding hydrogens is 252 g/mol. The zero-order valence-electron chi connectivity index (χ0n) is 10.5. The Morgan fingerprint density at radius 3 is 3.00 bits per heavy atom. The van der Waals surface area contributed by atoms with Gasteiger partial charge in [-0.15, -0.1) is 0 Å². The Hall–Kier alpha value is -2.02. The van der Waals surface area contributed by atoms with Gasteiger partial charge in [0, 0.05) is 6.54 Å². The van der Waals surface area contributed by atoms with E-state index >= 15 is 0 Å². The molecule has 2 atom stereocenters. The summed E-state index contributed by atoms with van der Waals surface area (Å²) in [5, 5.41) is 11.6. The van der Waals surface area contributed by atoms with E-state index in [0.717, 1.165) is 0 Å². The van der Waals surface area contributed by atoms with Gasteiger partial charge in [-0.05, 0) is 19.1 Å². The number of carbonyl (C=O) groups excluding carboxylic acids is 1. The molecule has 0 spiro atoms. The van der Waals surface area contributed by atoms with Crippen molar-refractivity contribution in [2.45, 2.75) is 19.1 Å². The van der Waals surface area contributed by atoms with Gasteiger partial charge in [-0.25, -0.2) is 9.59 Å². The summed E-state index contributed by atoms with van der Waals surface area (Å²) >= 11 is 0. The van der Waals surface area contributed by atoms with E-state index in [9.17, 15) is 9.59 Å². The molecule has 0 radical (unpaired) electrons. The summed E-state index contributed by atoms with van der Waals surface area (Å²) < 4.78 is 10.2. The molecule has 2 N–H and O–H groups in total. The fourth-order valence-electron chi connectivity index (χ4n) is 1.87. The Labute approximate surface area is 110 Å². The second kappa shape index (κ2) is 5.75. The molecule has 2 heterocycles. The van der Waals surface area contributed by atoms with Crippen molar-refractivity contribution in [3.8, 4) is 0 Å². The first-order valence-electron chi connectivity index (χ1n) is 6.01. The number of aliphatic carboxylic acids is 1. The van der Waals surface area contributed by atoms with E-state index in [1.54, 1.807) is 19.1 Å². The summed E-state index contributed by atoms with van der Waals surface area (Å²) in [6.07, 6.45) is 0.575. The van der Waals surface area contributed by atoms with Gasteiger partial charge in [0.05, 0.1) is 25.5 Å². The molecule has 1 fully saturated rings. The third-order valence-electron chi connectivity index (χ3n) is 2.94. The van der Waals surface area contributed by atoms with Crippen LogP contribution in [0.2, 0.25) is 0 Å². The SMILES string of the molecule is CC(NC(=O)N1CCOC(C(=O)O)C1)c1ccco1. The van der Waals surface area contributed by atoms with Gasteiger partial charge in [0.15, 0.2) is 6.10 Å². The lowest BCUT2D eigenvalue weighted by molar-refractivity contribution is -0.154. The van der Waals surface area contributed by atoms with Crippen molar-refractivity contribution < 1.29 is 23.8 Å². The van der Waals surface area contributed by atoms with Crippen LogP contribution in [0.5, 0.6) is 0 Å². The first kappa shape index (κ1) is 13.4. The maximum absolute atomic E-state index is 12.0. The molecule has 7 heteroatoms. The molecule has 1 aromatic rings. The van der Waals surface area contributed by atoms with Crippen LogP contribution in [-0.4, -0.2) is 47.8 Å². The molecule has 19 heavy (non-hydrogen) atoms. The largest absolute Gasteiger partial charge is 0.479 e. The number of carboxylic acid groups (broad SMARTS) is 1. The van der Waals surface area contributed by atoms with E-state index in [2.05, 4.69) is 5.32 Å². The molecule has 0 bridgehead atoms. The number of urea groups is 1.